The standard InChI is InChI=1S/C24H24N4O4/c1-30-18-7-8-21(31-2)16(9-18)13-28-14-17(11-23(28)29)24-26-22(32-27-24)10-15-12-25-20-6-4-3-5-19(15)20/h3-9,12,17,25H,10-11,13-14H2,1-2H3. The zero-order chi connectivity index (χ0) is 22.1. The van der Waals surface area contributed by atoms with Crippen molar-refractivity contribution in [2.75, 3.05) is 20.8 Å². The normalized spacial score (nSPS) is 16.1. The Balaban J connectivity index is 1.29. The van der Waals surface area contributed by atoms with E-state index in [1.54, 1.807) is 19.1 Å². The van der Waals surface area contributed by atoms with Crippen molar-refractivity contribution in [3.8, 4) is 11.5 Å². The number of hydrogen-bond donors (Lipinski definition) is 1. The summed E-state index contributed by atoms with van der Waals surface area (Å²) in [6, 6.07) is 13.7. The van der Waals surface area contributed by atoms with Crippen LogP contribution in [0.3, 0.4) is 0 Å². The van der Waals surface area contributed by atoms with Crippen LogP contribution in [0.15, 0.2) is 53.2 Å². The summed E-state index contributed by atoms with van der Waals surface area (Å²) < 4.78 is 16.3. The Labute approximate surface area is 185 Å². The number of hydrogen-bond acceptors (Lipinski definition) is 6. The Bertz CT molecular complexity index is 1260. The molecule has 0 bridgehead atoms. The van der Waals surface area contributed by atoms with Gasteiger partial charge in [-0.1, -0.05) is 23.4 Å². The number of carbonyl (C=O) groups is 1. The minimum Gasteiger partial charge on any atom is -0.497 e. The van der Waals surface area contributed by atoms with E-state index in [0.29, 0.717) is 37.6 Å². The molecule has 1 fully saturated rings. The van der Waals surface area contributed by atoms with Crippen LogP contribution in [0.2, 0.25) is 0 Å². The first-order valence-corrected chi connectivity index (χ1v) is 10.5. The minimum atomic E-state index is -0.0976. The van der Waals surface area contributed by atoms with Gasteiger partial charge in [0.05, 0.1) is 20.6 Å². The van der Waals surface area contributed by atoms with Gasteiger partial charge in [-0.25, -0.2) is 0 Å². The van der Waals surface area contributed by atoms with Crippen molar-refractivity contribution in [3.63, 3.8) is 0 Å². The van der Waals surface area contributed by atoms with E-state index in [1.807, 2.05) is 42.6 Å². The van der Waals surface area contributed by atoms with Gasteiger partial charge < -0.3 is 23.9 Å². The number of para-hydroxylation sites is 1. The fourth-order valence-corrected chi connectivity index (χ4v) is 4.26. The number of amides is 1. The van der Waals surface area contributed by atoms with Crippen molar-refractivity contribution in [1.29, 1.82) is 0 Å². The maximum Gasteiger partial charge on any atom is 0.231 e. The van der Waals surface area contributed by atoms with E-state index < -0.39 is 0 Å². The molecule has 0 spiro atoms. The predicted octanol–water partition coefficient (Wildman–Crippen LogP) is 3.68. The molecule has 0 radical (unpaired) electrons. The van der Waals surface area contributed by atoms with Crippen LogP contribution in [0.5, 0.6) is 11.5 Å². The maximum absolute atomic E-state index is 12.7. The Kier molecular flexibility index (Phi) is 5.26. The van der Waals surface area contributed by atoms with E-state index in [0.717, 1.165) is 33.5 Å². The molecule has 1 amide bonds. The maximum atomic E-state index is 12.7. The highest BCUT2D eigenvalue weighted by atomic mass is 16.5. The second-order valence-electron chi connectivity index (χ2n) is 7.94. The average molecular weight is 432 g/mol. The van der Waals surface area contributed by atoms with E-state index in [9.17, 15) is 4.79 Å². The largest absolute Gasteiger partial charge is 0.497 e. The van der Waals surface area contributed by atoms with Crippen LogP contribution < -0.4 is 9.47 Å². The summed E-state index contributed by atoms with van der Waals surface area (Å²) in [5.74, 6) is 2.53. The van der Waals surface area contributed by atoms with Gasteiger partial charge in [0, 0.05) is 48.1 Å². The number of carbonyl (C=O) groups excluding carboxylic acids is 1. The molecule has 1 aliphatic rings. The highest BCUT2D eigenvalue weighted by Crippen LogP contribution is 2.31. The van der Waals surface area contributed by atoms with Crippen LogP contribution in [-0.2, 0) is 17.8 Å². The number of nitrogens with zero attached hydrogens (tertiary/aromatic N) is 3. The van der Waals surface area contributed by atoms with Crippen molar-refractivity contribution >= 4 is 16.8 Å². The molecule has 1 saturated heterocycles. The molecule has 2 aromatic carbocycles. The van der Waals surface area contributed by atoms with Crippen molar-refractivity contribution in [2.45, 2.75) is 25.3 Å². The van der Waals surface area contributed by atoms with Crippen molar-refractivity contribution < 1.29 is 18.8 Å². The van der Waals surface area contributed by atoms with Crippen LogP contribution in [-0.4, -0.2) is 46.7 Å². The SMILES string of the molecule is COc1ccc(OC)c(CN2CC(c3noc(Cc4c[nH]c5ccccc45)n3)CC2=O)c1. The summed E-state index contributed by atoms with van der Waals surface area (Å²) in [5, 5.41) is 5.32. The lowest BCUT2D eigenvalue weighted by Crippen LogP contribution is -2.24. The Hall–Kier alpha value is -3.81. The molecule has 8 nitrogen and oxygen atoms in total. The second kappa shape index (κ2) is 8.37. The first-order chi connectivity index (χ1) is 15.6. The summed E-state index contributed by atoms with van der Waals surface area (Å²) >= 11 is 0. The fraction of sp³-hybridized carbons (Fsp3) is 0.292. The summed E-state index contributed by atoms with van der Waals surface area (Å²) in [6.07, 6.45) is 2.87. The molecule has 3 heterocycles. The summed E-state index contributed by atoms with van der Waals surface area (Å²) in [7, 11) is 3.24. The molecule has 2 aromatic heterocycles. The smallest absolute Gasteiger partial charge is 0.231 e. The molecular weight excluding hydrogens is 408 g/mol. The van der Waals surface area contributed by atoms with E-state index in [-0.39, 0.29) is 11.8 Å². The number of ether oxygens (including phenoxy) is 2. The Morgan fingerprint density at radius 3 is 2.88 bits per heavy atom. The lowest BCUT2D eigenvalue weighted by atomic mass is 10.1. The molecule has 32 heavy (non-hydrogen) atoms. The van der Waals surface area contributed by atoms with Crippen LogP contribution in [0.1, 0.15) is 35.2 Å². The molecule has 8 heteroatoms. The number of H-pyrrole nitrogens is 1. The van der Waals surface area contributed by atoms with Crippen molar-refractivity contribution in [1.82, 2.24) is 20.0 Å². The van der Waals surface area contributed by atoms with E-state index >= 15 is 0 Å². The van der Waals surface area contributed by atoms with E-state index in [4.69, 9.17) is 14.0 Å². The highest BCUT2D eigenvalue weighted by Gasteiger charge is 2.34. The predicted molar refractivity (Wildman–Crippen MR) is 118 cm³/mol. The third-order valence-electron chi connectivity index (χ3n) is 5.93. The number of nitrogens with one attached hydrogen (secondary N) is 1. The van der Waals surface area contributed by atoms with E-state index in [1.165, 1.54) is 0 Å². The molecule has 4 aromatic rings. The molecule has 164 valence electrons. The first kappa shape index (κ1) is 20.1. The Morgan fingerprint density at radius 2 is 2.03 bits per heavy atom. The molecule has 0 aliphatic carbocycles. The van der Waals surface area contributed by atoms with Crippen LogP contribution in [0.4, 0.5) is 0 Å². The number of aromatic amines is 1. The number of fused-ring (bicyclic) bond motifs is 1. The molecule has 0 saturated carbocycles. The summed E-state index contributed by atoms with van der Waals surface area (Å²) in [5.41, 5.74) is 3.08. The quantitative estimate of drug-likeness (QED) is 0.479. The van der Waals surface area contributed by atoms with Gasteiger partial charge >= 0.3 is 0 Å². The molecule has 5 rings (SSSR count). The van der Waals surface area contributed by atoms with Gasteiger partial charge in [-0.05, 0) is 29.8 Å². The molecule has 1 aliphatic heterocycles. The third kappa shape index (κ3) is 3.79. The zero-order valence-corrected chi connectivity index (χ0v) is 18.0. The molecule has 1 atom stereocenters. The lowest BCUT2D eigenvalue weighted by molar-refractivity contribution is -0.128. The zero-order valence-electron chi connectivity index (χ0n) is 18.0. The Morgan fingerprint density at radius 1 is 1.16 bits per heavy atom. The van der Waals surface area contributed by atoms with Gasteiger partial charge in [-0.15, -0.1) is 0 Å². The monoisotopic (exact) mass is 432 g/mol. The summed E-state index contributed by atoms with van der Waals surface area (Å²) in [4.78, 5) is 22.4. The first-order valence-electron chi connectivity index (χ1n) is 10.5. The van der Waals surface area contributed by atoms with Gasteiger partial charge in [0.15, 0.2) is 5.82 Å². The van der Waals surface area contributed by atoms with Crippen LogP contribution in [0, 0.1) is 0 Å². The number of aromatic nitrogens is 3. The van der Waals surface area contributed by atoms with Crippen LogP contribution in [0.25, 0.3) is 10.9 Å². The summed E-state index contributed by atoms with van der Waals surface area (Å²) in [6.45, 7) is 0.973. The fourth-order valence-electron chi connectivity index (χ4n) is 4.26. The minimum absolute atomic E-state index is 0.0582. The molecular formula is C24H24N4O4. The van der Waals surface area contributed by atoms with Gasteiger partial charge in [-0.2, -0.15) is 4.98 Å². The van der Waals surface area contributed by atoms with Gasteiger partial charge in [0.1, 0.15) is 11.5 Å². The third-order valence-corrected chi connectivity index (χ3v) is 5.93. The number of rotatable bonds is 7. The van der Waals surface area contributed by atoms with Gasteiger partial charge in [-0.3, -0.25) is 4.79 Å². The number of benzene rings is 2. The lowest BCUT2D eigenvalue weighted by Gasteiger charge is -2.18. The number of methoxy groups -OCH3 is 2. The van der Waals surface area contributed by atoms with Gasteiger partial charge in [0.2, 0.25) is 11.8 Å². The van der Waals surface area contributed by atoms with Gasteiger partial charge in [0.25, 0.3) is 0 Å². The van der Waals surface area contributed by atoms with Crippen molar-refractivity contribution in [2.24, 2.45) is 0 Å². The number of likely N-dealkylation sites (tertiary alicyclic amines) is 1. The van der Waals surface area contributed by atoms with Crippen molar-refractivity contribution in [3.05, 3.63) is 71.5 Å². The van der Waals surface area contributed by atoms with E-state index in [2.05, 4.69) is 21.2 Å². The average Bonchev–Trinajstić information content (AvgIpc) is 3.54. The second-order valence-corrected chi connectivity index (χ2v) is 7.94. The molecule has 1 N–H and O–H groups in total. The van der Waals surface area contributed by atoms with Crippen LogP contribution >= 0.6 is 0 Å². The topological polar surface area (TPSA) is 93.5 Å². The molecule has 1 unspecified atom stereocenters. The highest BCUT2D eigenvalue weighted by molar-refractivity contribution is 5.83.